The van der Waals surface area contributed by atoms with Gasteiger partial charge >= 0.3 is 0 Å². The van der Waals surface area contributed by atoms with Crippen molar-refractivity contribution in [3.63, 3.8) is 0 Å². The molecule has 0 unspecified atom stereocenters. The summed E-state index contributed by atoms with van der Waals surface area (Å²) in [5.41, 5.74) is 6.87. The van der Waals surface area contributed by atoms with Crippen LogP contribution in [0.15, 0.2) is 53.3 Å². The average molecular weight is 385 g/mol. The molecule has 0 atom stereocenters. The second-order valence-electron chi connectivity index (χ2n) is 6.20. The molecular formula is C21H15N5O3. The van der Waals surface area contributed by atoms with Crippen molar-refractivity contribution in [2.24, 2.45) is 0 Å². The number of nitro benzene ring substituents is 1. The van der Waals surface area contributed by atoms with E-state index in [1.807, 2.05) is 25.1 Å². The van der Waals surface area contributed by atoms with Gasteiger partial charge in [0.25, 0.3) is 11.2 Å². The van der Waals surface area contributed by atoms with Gasteiger partial charge in [-0.15, -0.1) is 0 Å². The molecule has 0 amide bonds. The lowest BCUT2D eigenvalue weighted by molar-refractivity contribution is -0.384. The van der Waals surface area contributed by atoms with Crippen LogP contribution in [0.4, 0.5) is 11.5 Å². The lowest BCUT2D eigenvalue weighted by Crippen LogP contribution is -2.26. The van der Waals surface area contributed by atoms with E-state index >= 15 is 0 Å². The first-order valence-electron chi connectivity index (χ1n) is 8.65. The van der Waals surface area contributed by atoms with Crippen molar-refractivity contribution in [1.29, 1.82) is 10.5 Å². The number of nitrogens with zero attached hydrogens (tertiary/aromatic N) is 4. The molecule has 0 bridgehead atoms. The molecule has 29 heavy (non-hydrogen) atoms. The van der Waals surface area contributed by atoms with Gasteiger partial charge in [-0.1, -0.05) is 19.1 Å². The van der Waals surface area contributed by atoms with Crippen LogP contribution in [-0.4, -0.2) is 9.49 Å². The zero-order valence-corrected chi connectivity index (χ0v) is 15.4. The molecule has 0 aliphatic rings. The lowest BCUT2D eigenvalue weighted by Gasteiger charge is -2.16. The maximum Gasteiger partial charge on any atom is 0.275 e. The van der Waals surface area contributed by atoms with E-state index in [9.17, 15) is 25.4 Å². The van der Waals surface area contributed by atoms with Crippen LogP contribution < -0.4 is 11.3 Å². The number of nitrogen functional groups attached to an aromatic ring is 1. The van der Waals surface area contributed by atoms with E-state index in [2.05, 4.69) is 0 Å². The Morgan fingerprint density at radius 1 is 1.10 bits per heavy atom. The van der Waals surface area contributed by atoms with E-state index in [0.29, 0.717) is 11.3 Å². The number of anilines is 1. The Morgan fingerprint density at radius 2 is 1.76 bits per heavy atom. The minimum absolute atomic E-state index is 0.0445. The highest BCUT2D eigenvalue weighted by atomic mass is 16.6. The van der Waals surface area contributed by atoms with Crippen molar-refractivity contribution >= 4 is 11.5 Å². The zero-order chi connectivity index (χ0) is 21.1. The first kappa shape index (κ1) is 19.3. The van der Waals surface area contributed by atoms with Gasteiger partial charge in [-0.2, -0.15) is 10.5 Å². The maximum absolute atomic E-state index is 13.1. The minimum Gasteiger partial charge on any atom is -0.384 e. The maximum atomic E-state index is 13.1. The van der Waals surface area contributed by atoms with E-state index in [0.717, 1.165) is 16.6 Å². The number of nitrogens with two attached hydrogens (primary N) is 1. The van der Waals surface area contributed by atoms with Crippen molar-refractivity contribution in [2.75, 3.05) is 5.73 Å². The standard InChI is InChI=1S/C21H15N5O3/c1-2-13-4-3-5-16(10-13)25-20(24)17(11-22)19(18(12-23)21(25)27)14-6-8-15(9-7-14)26(28)29/h3-10H,2,24H2,1H3. The van der Waals surface area contributed by atoms with Gasteiger partial charge in [0.15, 0.2) is 0 Å². The van der Waals surface area contributed by atoms with Crippen LogP contribution in [0.3, 0.4) is 0 Å². The molecule has 0 aliphatic heterocycles. The predicted octanol–water partition coefficient (Wildman–Crippen LogP) is 3.30. The van der Waals surface area contributed by atoms with Crippen LogP contribution in [0.1, 0.15) is 23.6 Å². The number of non-ortho nitro benzene ring substituents is 1. The molecule has 2 aromatic carbocycles. The SMILES string of the molecule is CCc1cccc(-n2c(N)c(C#N)c(-c3ccc([N+](=O)[O-])cc3)c(C#N)c2=O)c1. The number of hydrogen-bond donors (Lipinski definition) is 1. The highest BCUT2D eigenvalue weighted by molar-refractivity contribution is 5.81. The van der Waals surface area contributed by atoms with Gasteiger partial charge in [0.05, 0.1) is 10.6 Å². The fraction of sp³-hybridized carbons (Fsp3) is 0.0952. The predicted molar refractivity (Wildman–Crippen MR) is 107 cm³/mol. The molecular weight excluding hydrogens is 370 g/mol. The summed E-state index contributed by atoms with van der Waals surface area (Å²) in [7, 11) is 0. The van der Waals surface area contributed by atoms with E-state index in [1.54, 1.807) is 18.2 Å². The lowest BCUT2D eigenvalue weighted by atomic mass is 9.96. The Morgan fingerprint density at radius 3 is 2.31 bits per heavy atom. The fourth-order valence-electron chi connectivity index (χ4n) is 3.12. The van der Waals surface area contributed by atoms with Crippen LogP contribution in [0.25, 0.3) is 16.8 Å². The zero-order valence-electron chi connectivity index (χ0n) is 15.4. The van der Waals surface area contributed by atoms with E-state index in [4.69, 9.17) is 5.73 Å². The number of benzene rings is 2. The smallest absolute Gasteiger partial charge is 0.275 e. The summed E-state index contributed by atoms with van der Waals surface area (Å²) in [6.45, 7) is 1.96. The van der Waals surface area contributed by atoms with Gasteiger partial charge in [-0.05, 0) is 41.8 Å². The largest absolute Gasteiger partial charge is 0.384 e. The summed E-state index contributed by atoms with van der Waals surface area (Å²) in [5, 5.41) is 30.3. The summed E-state index contributed by atoms with van der Waals surface area (Å²) < 4.78 is 1.14. The summed E-state index contributed by atoms with van der Waals surface area (Å²) in [6.07, 6.45) is 0.736. The first-order chi connectivity index (χ1) is 13.9. The van der Waals surface area contributed by atoms with Gasteiger partial charge in [-0.25, -0.2) is 0 Å². The molecule has 0 spiro atoms. The van der Waals surface area contributed by atoms with E-state index < -0.39 is 10.5 Å². The molecule has 0 saturated heterocycles. The number of hydrogen-bond acceptors (Lipinski definition) is 6. The van der Waals surface area contributed by atoms with Crippen LogP contribution in [0.2, 0.25) is 0 Å². The summed E-state index contributed by atoms with van der Waals surface area (Å²) in [5.74, 6) is -0.0990. The Balaban J connectivity index is 2.35. The normalized spacial score (nSPS) is 10.2. The van der Waals surface area contributed by atoms with Crippen molar-refractivity contribution in [2.45, 2.75) is 13.3 Å². The third kappa shape index (κ3) is 3.31. The Bertz CT molecular complexity index is 1260. The molecule has 0 radical (unpaired) electrons. The van der Waals surface area contributed by atoms with Gasteiger partial charge in [0.1, 0.15) is 29.1 Å². The molecule has 0 fully saturated rings. The Hall–Kier alpha value is -4.43. The van der Waals surface area contributed by atoms with Crippen LogP contribution in [0, 0.1) is 32.8 Å². The summed E-state index contributed by atoms with van der Waals surface area (Å²) in [6, 6.07) is 16.2. The highest BCUT2D eigenvalue weighted by Crippen LogP contribution is 2.31. The van der Waals surface area contributed by atoms with Crippen molar-refractivity contribution < 1.29 is 4.92 Å². The van der Waals surface area contributed by atoms with Crippen LogP contribution >= 0.6 is 0 Å². The number of pyridine rings is 1. The molecule has 3 rings (SSSR count). The second-order valence-corrected chi connectivity index (χ2v) is 6.20. The molecule has 0 aliphatic carbocycles. The highest BCUT2D eigenvalue weighted by Gasteiger charge is 2.23. The Labute approximate surface area is 165 Å². The molecule has 1 heterocycles. The number of aryl methyl sites for hydroxylation is 1. The van der Waals surface area contributed by atoms with E-state index in [-0.39, 0.29) is 28.2 Å². The van der Waals surface area contributed by atoms with E-state index in [1.165, 1.54) is 24.3 Å². The average Bonchev–Trinajstić information content (AvgIpc) is 2.73. The van der Waals surface area contributed by atoms with Gasteiger partial charge < -0.3 is 5.73 Å². The van der Waals surface area contributed by atoms with Crippen molar-refractivity contribution in [3.05, 3.63) is 85.7 Å². The number of nitro groups is 1. The van der Waals surface area contributed by atoms with Gasteiger partial charge in [-0.3, -0.25) is 19.5 Å². The topological polar surface area (TPSA) is 139 Å². The molecule has 0 saturated carbocycles. The second kappa shape index (κ2) is 7.67. The van der Waals surface area contributed by atoms with Gasteiger partial charge in [0, 0.05) is 17.7 Å². The molecule has 3 aromatic rings. The molecule has 2 N–H and O–H groups in total. The quantitative estimate of drug-likeness (QED) is 0.540. The number of aromatic nitrogens is 1. The van der Waals surface area contributed by atoms with Crippen molar-refractivity contribution in [1.82, 2.24) is 4.57 Å². The fourth-order valence-corrected chi connectivity index (χ4v) is 3.12. The van der Waals surface area contributed by atoms with Crippen LogP contribution in [-0.2, 0) is 6.42 Å². The molecule has 142 valence electrons. The number of nitriles is 2. The summed E-state index contributed by atoms with van der Waals surface area (Å²) in [4.78, 5) is 23.4. The third-order valence-electron chi connectivity index (χ3n) is 4.58. The number of rotatable bonds is 4. The molecule has 1 aromatic heterocycles. The Kier molecular flexibility index (Phi) is 5.11. The molecule has 8 nitrogen and oxygen atoms in total. The first-order valence-corrected chi connectivity index (χ1v) is 8.65. The minimum atomic E-state index is -0.661. The third-order valence-corrected chi connectivity index (χ3v) is 4.58. The van der Waals surface area contributed by atoms with Crippen molar-refractivity contribution in [3.8, 4) is 29.0 Å². The monoisotopic (exact) mass is 385 g/mol. The molecule has 8 heteroatoms. The summed E-state index contributed by atoms with van der Waals surface area (Å²) >= 11 is 0. The van der Waals surface area contributed by atoms with Crippen LogP contribution in [0.5, 0.6) is 0 Å². The van der Waals surface area contributed by atoms with Gasteiger partial charge in [0.2, 0.25) is 0 Å².